The van der Waals surface area contributed by atoms with Crippen molar-refractivity contribution in [3.8, 4) is 0 Å². The summed E-state index contributed by atoms with van der Waals surface area (Å²) in [5.41, 5.74) is 0.487. The van der Waals surface area contributed by atoms with Crippen molar-refractivity contribution < 1.29 is 18.0 Å². The molecule has 2 aromatic carbocycles. The molecule has 10 heteroatoms. The van der Waals surface area contributed by atoms with E-state index in [1.54, 1.807) is 18.2 Å². The number of urea groups is 1. The first kappa shape index (κ1) is 20.4. The number of nitrogens with zero attached hydrogens (tertiary/aromatic N) is 2. The number of rotatable bonds is 5. The summed E-state index contributed by atoms with van der Waals surface area (Å²) >= 11 is 5.94. The third kappa shape index (κ3) is 5.82. The molecule has 29 heavy (non-hydrogen) atoms. The molecule has 6 nitrogen and oxygen atoms in total. The Morgan fingerprint density at radius 3 is 2.31 bits per heavy atom. The average Bonchev–Trinajstić information content (AvgIpc) is 2.67. The van der Waals surface area contributed by atoms with Crippen LogP contribution in [0.2, 0.25) is 5.15 Å². The van der Waals surface area contributed by atoms with Crippen molar-refractivity contribution in [1.82, 2.24) is 9.97 Å². The number of halogens is 4. The van der Waals surface area contributed by atoms with E-state index in [0.29, 0.717) is 18.1 Å². The lowest BCUT2D eigenvalue weighted by molar-refractivity contribution is -0.137. The molecule has 2 amide bonds. The fourth-order valence-electron chi connectivity index (χ4n) is 2.45. The number of amides is 2. The largest absolute Gasteiger partial charge is 0.416 e. The van der Waals surface area contributed by atoms with Gasteiger partial charge in [-0.05, 0) is 35.9 Å². The molecule has 1 heterocycles. The van der Waals surface area contributed by atoms with Gasteiger partial charge in [-0.15, -0.1) is 0 Å². The van der Waals surface area contributed by atoms with E-state index >= 15 is 0 Å². The zero-order chi connectivity index (χ0) is 20.9. The van der Waals surface area contributed by atoms with E-state index in [1.807, 2.05) is 6.07 Å². The molecule has 0 radical (unpaired) electrons. The average molecular weight is 422 g/mol. The maximum absolute atomic E-state index is 12.8. The van der Waals surface area contributed by atoms with Crippen LogP contribution in [0.25, 0.3) is 0 Å². The number of alkyl halides is 3. The zero-order valence-corrected chi connectivity index (χ0v) is 15.6. The molecule has 3 rings (SSSR count). The monoisotopic (exact) mass is 421 g/mol. The Kier molecular flexibility index (Phi) is 6.18. The third-order valence-electron chi connectivity index (χ3n) is 3.75. The van der Waals surface area contributed by atoms with Crippen LogP contribution >= 0.6 is 11.6 Å². The van der Waals surface area contributed by atoms with Crippen LogP contribution in [0.15, 0.2) is 60.9 Å². The maximum Gasteiger partial charge on any atom is 0.416 e. The summed E-state index contributed by atoms with van der Waals surface area (Å²) in [6, 6.07) is 10.7. The number of carbonyl (C=O) groups excluding carboxylic acids is 1. The summed E-state index contributed by atoms with van der Waals surface area (Å²) in [6.45, 7) is 0.378. The molecule has 0 saturated carbocycles. The van der Waals surface area contributed by atoms with Crippen molar-refractivity contribution in [1.29, 1.82) is 0 Å². The van der Waals surface area contributed by atoms with Crippen molar-refractivity contribution in [2.45, 2.75) is 12.7 Å². The molecule has 3 aromatic rings. The quantitative estimate of drug-likeness (QED) is 0.515. The van der Waals surface area contributed by atoms with Crippen LogP contribution in [-0.2, 0) is 12.7 Å². The molecular formula is C19H15ClF3N5O. The Labute approximate surface area is 169 Å². The molecule has 0 unspecified atom stereocenters. The van der Waals surface area contributed by atoms with E-state index in [2.05, 4.69) is 25.9 Å². The summed E-state index contributed by atoms with van der Waals surface area (Å²) in [5.74, 6) is 0.426. The van der Waals surface area contributed by atoms with Crippen molar-refractivity contribution >= 4 is 34.8 Å². The molecule has 3 N–H and O–H groups in total. The Hall–Kier alpha value is -3.33. The highest BCUT2D eigenvalue weighted by molar-refractivity contribution is 6.31. The SMILES string of the molecule is O=C(Nc1cccc(CNc2nccnc2Cl)c1)Nc1cccc(C(F)(F)F)c1. The van der Waals surface area contributed by atoms with Crippen LogP contribution in [0.5, 0.6) is 0 Å². The van der Waals surface area contributed by atoms with Crippen LogP contribution in [0.1, 0.15) is 11.1 Å². The van der Waals surface area contributed by atoms with E-state index in [9.17, 15) is 18.0 Å². The normalized spacial score (nSPS) is 11.0. The second-order valence-corrected chi connectivity index (χ2v) is 6.27. The Balaban J connectivity index is 1.61. The van der Waals surface area contributed by atoms with E-state index < -0.39 is 17.8 Å². The molecule has 0 aliphatic rings. The van der Waals surface area contributed by atoms with Crippen LogP contribution in [-0.4, -0.2) is 16.0 Å². The predicted molar refractivity (Wildman–Crippen MR) is 105 cm³/mol. The topological polar surface area (TPSA) is 78.9 Å². The van der Waals surface area contributed by atoms with Crippen LogP contribution < -0.4 is 16.0 Å². The molecule has 150 valence electrons. The number of carbonyl (C=O) groups is 1. The standard InChI is InChI=1S/C19H15ClF3N5O/c20-16-17(25-8-7-24-16)26-11-12-3-1-5-14(9-12)27-18(29)28-15-6-2-4-13(10-15)19(21,22)23/h1-10H,11H2,(H,25,26)(H2,27,28,29). The molecule has 0 aliphatic heterocycles. The maximum atomic E-state index is 12.8. The Morgan fingerprint density at radius 2 is 1.62 bits per heavy atom. The van der Waals surface area contributed by atoms with Gasteiger partial charge in [0.05, 0.1) is 5.56 Å². The lowest BCUT2D eigenvalue weighted by Crippen LogP contribution is -2.20. The van der Waals surface area contributed by atoms with E-state index in [-0.39, 0.29) is 10.8 Å². The van der Waals surface area contributed by atoms with E-state index in [1.165, 1.54) is 24.5 Å². The van der Waals surface area contributed by atoms with E-state index in [0.717, 1.165) is 17.7 Å². The van der Waals surface area contributed by atoms with Gasteiger partial charge in [-0.2, -0.15) is 13.2 Å². The summed E-state index contributed by atoms with van der Waals surface area (Å²) in [6.07, 6.45) is -1.51. The van der Waals surface area contributed by atoms with Gasteiger partial charge in [0.25, 0.3) is 0 Å². The van der Waals surface area contributed by atoms with Gasteiger partial charge >= 0.3 is 12.2 Å². The van der Waals surface area contributed by atoms with Gasteiger partial charge in [0.1, 0.15) is 0 Å². The number of hydrogen-bond acceptors (Lipinski definition) is 4. The molecule has 0 fully saturated rings. The number of aromatic nitrogens is 2. The van der Waals surface area contributed by atoms with Crippen molar-refractivity contribution in [2.24, 2.45) is 0 Å². The van der Waals surface area contributed by atoms with Crippen LogP contribution in [0, 0.1) is 0 Å². The van der Waals surface area contributed by atoms with Crippen LogP contribution in [0.4, 0.5) is 35.2 Å². The predicted octanol–water partition coefficient (Wildman–Crippen LogP) is 5.40. The highest BCUT2D eigenvalue weighted by Gasteiger charge is 2.30. The zero-order valence-electron chi connectivity index (χ0n) is 14.8. The summed E-state index contributed by atoms with van der Waals surface area (Å²) in [7, 11) is 0. The first-order valence-electron chi connectivity index (χ1n) is 8.36. The number of hydrogen-bond donors (Lipinski definition) is 3. The van der Waals surface area contributed by atoms with Gasteiger partial charge < -0.3 is 16.0 Å². The molecular weight excluding hydrogens is 407 g/mol. The second-order valence-electron chi connectivity index (χ2n) is 5.91. The lowest BCUT2D eigenvalue weighted by Gasteiger charge is -2.12. The molecule has 1 aromatic heterocycles. The van der Waals surface area contributed by atoms with Crippen molar-refractivity contribution in [2.75, 3.05) is 16.0 Å². The summed E-state index contributed by atoms with van der Waals surface area (Å²) < 4.78 is 38.3. The first-order chi connectivity index (χ1) is 13.8. The number of anilines is 3. The summed E-state index contributed by atoms with van der Waals surface area (Å²) in [5, 5.41) is 8.24. The first-order valence-corrected chi connectivity index (χ1v) is 8.73. The number of nitrogens with one attached hydrogen (secondary N) is 3. The highest BCUT2D eigenvalue weighted by atomic mass is 35.5. The molecule has 0 saturated heterocycles. The highest BCUT2D eigenvalue weighted by Crippen LogP contribution is 2.30. The smallest absolute Gasteiger partial charge is 0.363 e. The fourth-order valence-corrected chi connectivity index (χ4v) is 2.62. The van der Waals surface area contributed by atoms with Gasteiger partial charge in [0.15, 0.2) is 11.0 Å². The van der Waals surface area contributed by atoms with Crippen LogP contribution in [0.3, 0.4) is 0 Å². The molecule has 0 bridgehead atoms. The lowest BCUT2D eigenvalue weighted by atomic mass is 10.2. The Bertz CT molecular complexity index is 1010. The molecule has 0 spiro atoms. The van der Waals surface area contributed by atoms with Gasteiger partial charge in [-0.3, -0.25) is 0 Å². The minimum absolute atomic E-state index is 0.0347. The minimum Gasteiger partial charge on any atom is -0.363 e. The second kappa shape index (κ2) is 8.78. The van der Waals surface area contributed by atoms with Crippen molar-refractivity contribution in [3.63, 3.8) is 0 Å². The Morgan fingerprint density at radius 1 is 0.966 bits per heavy atom. The van der Waals surface area contributed by atoms with E-state index in [4.69, 9.17) is 11.6 Å². The van der Waals surface area contributed by atoms with Gasteiger partial charge in [-0.1, -0.05) is 29.8 Å². The molecule has 0 atom stereocenters. The van der Waals surface area contributed by atoms with Gasteiger partial charge in [0.2, 0.25) is 0 Å². The van der Waals surface area contributed by atoms with Gasteiger partial charge in [-0.25, -0.2) is 14.8 Å². The molecule has 0 aliphatic carbocycles. The minimum atomic E-state index is -4.48. The third-order valence-corrected chi connectivity index (χ3v) is 4.02. The summed E-state index contributed by atoms with van der Waals surface area (Å²) in [4.78, 5) is 20.1. The fraction of sp³-hybridized carbons (Fsp3) is 0.105. The number of benzene rings is 2. The van der Waals surface area contributed by atoms with Crippen molar-refractivity contribution in [3.05, 3.63) is 77.2 Å². The van der Waals surface area contributed by atoms with Gasteiger partial charge in [0, 0.05) is 30.3 Å².